The largest absolute Gasteiger partial charge is 0.493 e. The molecule has 0 atom stereocenters. The van der Waals surface area contributed by atoms with Crippen molar-refractivity contribution < 1.29 is 33.0 Å². The fourth-order valence-electron chi connectivity index (χ4n) is 3.48. The SMILES string of the molecule is COC(=O)c1ccc(CN2C(=O)N/C(=C\c3cc(OC)c(OCc4ccc(Br)cc4Br)c(Cl)c3Br)C2=O)o1. The predicted octanol–water partition coefficient (Wildman–Crippen LogP) is 6.69. The topological polar surface area (TPSA) is 107 Å². The van der Waals surface area contributed by atoms with E-state index in [1.807, 2.05) is 18.2 Å². The summed E-state index contributed by atoms with van der Waals surface area (Å²) in [4.78, 5) is 38.0. The van der Waals surface area contributed by atoms with Crippen LogP contribution in [0.15, 0.2) is 59.9 Å². The van der Waals surface area contributed by atoms with E-state index >= 15 is 0 Å². The molecule has 9 nitrogen and oxygen atoms in total. The number of nitrogens with one attached hydrogen (secondary N) is 1. The van der Waals surface area contributed by atoms with Gasteiger partial charge >= 0.3 is 12.0 Å². The number of furan rings is 1. The molecule has 0 radical (unpaired) electrons. The van der Waals surface area contributed by atoms with Gasteiger partial charge in [-0.1, -0.05) is 49.5 Å². The van der Waals surface area contributed by atoms with E-state index in [0.29, 0.717) is 21.5 Å². The molecule has 1 N–H and O–H groups in total. The Labute approximate surface area is 247 Å². The van der Waals surface area contributed by atoms with Gasteiger partial charge in [0.25, 0.3) is 5.91 Å². The maximum atomic E-state index is 13.0. The van der Waals surface area contributed by atoms with Crippen molar-refractivity contribution in [2.24, 2.45) is 0 Å². The van der Waals surface area contributed by atoms with E-state index in [-0.39, 0.29) is 35.4 Å². The standard InChI is InChI=1S/C25H18Br3ClN2O7/c1-35-19-8-13(20(28)21(29)22(19)37-11-12-3-4-14(26)9-16(12)27)7-17-23(32)31(25(34)30-17)10-15-5-6-18(38-15)24(33)36-2/h3-9H,10-11H2,1-2H3,(H,30,34)/b17-7-. The number of urea groups is 1. The first-order valence-electron chi connectivity index (χ1n) is 10.8. The van der Waals surface area contributed by atoms with Gasteiger partial charge in [-0.3, -0.25) is 9.69 Å². The average Bonchev–Trinajstić information content (AvgIpc) is 3.47. The molecule has 1 fully saturated rings. The van der Waals surface area contributed by atoms with Crippen LogP contribution in [0.1, 0.15) is 27.4 Å². The highest BCUT2D eigenvalue weighted by Crippen LogP contribution is 2.44. The van der Waals surface area contributed by atoms with Crippen molar-refractivity contribution >= 4 is 83.4 Å². The van der Waals surface area contributed by atoms with Gasteiger partial charge in [0, 0.05) is 19.0 Å². The van der Waals surface area contributed by atoms with Crippen LogP contribution in [0, 0.1) is 0 Å². The van der Waals surface area contributed by atoms with Crippen LogP contribution < -0.4 is 14.8 Å². The van der Waals surface area contributed by atoms with E-state index < -0.39 is 17.9 Å². The molecule has 0 bridgehead atoms. The lowest BCUT2D eigenvalue weighted by Gasteiger charge is -2.16. The fraction of sp³-hybridized carbons (Fsp3) is 0.160. The predicted molar refractivity (Wildman–Crippen MR) is 149 cm³/mol. The summed E-state index contributed by atoms with van der Waals surface area (Å²) in [7, 11) is 2.69. The smallest absolute Gasteiger partial charge is 0.373 e. The minimum Gasteiger partial charge on any atom is -0.493 e. The number of imide groups is 1. The summed E-state index contributed by atoms with van der Waals surface area (Å²) >= 11 is 17.0. The summed E-state index contributed by atoms with van der Waals surface area (Å²) in [5.41, 5.74) is 1.38. The van der Waals surface area contributed by atoms with Gasteiger partial charge in [-0.15, -0.1) is 0 Å². The summed E-state index contributed by atoms with van der Waals surface area (Å²) in [6.07, 6.45) is 1.47. The van der Waals surface area contributed by atoms with Gasteiger partial charge in [0.2, 0.25) is 5.76 Å². The van der Waals surface area contributed by atoms with Crippen molar-refractivity contribution in [3.8, 4) is 11.5 Å². The number of carbonyl (C=O) groups is 3. The lowest BCUT2D eigenvalue weighted by Crippen LogP contribution is -2.30. The molecule has 2 aromatic carbocycles. The molecular formula is C25H18Br3ClN2O7. The summed E-state index contributed by atoms with van der Waals surface area (Å²) < 4.78 is 23.7. The molecule has 0 spiro atoms. The second-order valence-corrected chi connectivity index (χ2v) is 10.7. The number of amides is 3. The number of hydrogen-bond acceptors (Lipinski definition) is 7. The Kier molecular flexibility index (Phi) is 8.86. The Morgan fingerprint density at radius 1 is 1.13 bits per heavy atom. The highest BCUT2D eigenvalue weighted by Gasteiger charge is 2.35. The molecule has 4 rings (SSSR count). The first-order valence-corrected chi connectivity index (χ1v) is 13.5. The second-order valence-electron chi connectivity index (χ2n) is 7.79. The van der Waals surface area contributed by atoms with Crippen molar-refractivity contribution in [2.75, 3.05) is 14.2 Å². The molecule has 38 heavy (non-hydrogen) atoms. The quantitative estimate of drug-likeness (QED) is 0.156. The van der Waals surface area contributed by atoms with Gasteiger partial charge in [-0.05, 0) is 57.9 Å². The molecule has 2 heterocycles. The monoisotopic (exact) mass is 730 g/mol. The third kappa shape index (κ3) is 5.93. The van der Waals surface area contributed by atoms with Crippen LogP contribution in [0.5, 0.6) is 11.5 Å². The zero-order valence-corrected chi connectivity index (χ0v) is 25.3. The van der Waals surface area contributed by atoms with Gasteiger partial charge < -0.3 is 23.9 Å². The molecule has 1 saturated heterocycles. The second kappa shape index (κ2) is 11.9. The number of nitrogens with zero attached hydrogens (tertiary/aromatic N) is 1. The molecule has 0 aliphatic carbocycles. The molecule has 198 valence electrons. The van der Waals surface area contributed by atoms with Crippen LogP contribution in [-0.4, -0.2) is 37.0 Å². The van der Waals surface area contributed by atoms with Crippen LogP contribution in [0.2, 0.25) is 5.02 Å². The Bertz CT molecular complexity index is 1470. The van der Waals surface area contributed by atoms with Gasteiger partial charge in [-0.25, -0.2) is 9.59 Å². The molecule has 3 aromatic rings. The summed E-state index contributed by atoms with van der Waals surface area (Å²) in [6.45, 7) is 0.0352. The number of halogens is 4. The summed E-state index contributed by atoms with van der Waals surface area (Å²) in [6, 6.07) is 9.58. The molecule has 13 heteroatoms. The van der Waals surface area contributed by atoms with Crippen LogP contribution in [0.25, 0.3) is 6.08 Å². The average molecular weight is 734 g/mol. The van der Waals surface area contributed by atoms with E-state index in [2.05, 4.69) is 57.8 Å². The van der Waals surface area contributed by atoms with Crippen LogP contribution >= 0.6 is 59.4 Å². The number of carbonyl (C=O) groups excluding carboxylic acids is 3. The lowest BCUT2D eigenvalue weighted by atomic mass is 10.1. The molecule has 1 aliphatic rings. The highest BCUT2D eigenvalue weighted by molar-refractivity contribution is 9.11. The minimum absolute atomic E-state index is 0.0148. The Hall–Kier alpha value is -2.80. The Morgan fingerprint density at radius 3 is 2.58 bits per heavy atom. The lowest BCUT2D eigenvalue weighted by molar-refractivity contribution is -0.123. The van der Waals surface area contributed by atoms with Crippen molar-refractivity contribution in [3.05, 3.63) is 83.2 Å². The summed E-state index contributed by atoms with van der Waals surface area (Å²) in [5, 5.41) is 2.77. The zero-order chi connectivity index (χ0) is 27.6. The van der Waals surface area contributed by atoms with E-state index in [1.54, 1.807) is 6.07 Å². The number of ether oxygens (including phenoxy) is 3. The zero-order valence-electron chi connectivity index (χ0n) is 19.8. The van der Waals surface area contributed by atoms with Crippen molar-refractivity contribution in [1.82, 2.24) is 10.2 Å². The number of benzene rings is 2. The third-order valence-electron chi connectivity index (χ3n) is 5.39. The van der Waals surface area contributed by atoms with E-state index in [0.717, 1.165) is 19.4 Å². The van der Waals surface area contributed by atoms with E-state index in [4.69, 9.17) is 25.5 Å². The molecular weight excluding hydrogens is 715 g/mol. The molecule has 1 aromatic heterocycles. The maximum absolute atomic E-state index is 13.0. The first kappa shape index (κ1) is 28.2. The third-order valence-corrected chi connectivity index (χ3v) is 8.06. The van der Waals surface area contributed by atoms with E-state index in [1.165, 1.54) is 32.4 Å². The Morgan fingerprint density at radius 2 is 1.89 bits per heavy atom. The molecule has 3 amide bonds. The van der Waals surface area contributed by atoms with E-state index in [9.17, 15) is 14.4 Å². The molecule has 1 aliphatic heterocycles. The number of methoxy groups -OCH3 is 2. The summed E-state index contributed by atoms with van der Waals surface area (Å²) in [5.74, 6) is -0.417. The molecule has 0 unspecified atom stereocenters. The van der Waals surface area contributed by atoms with Crippen molar-refractivity contribution in [2.45, 2.75) is 13.2 Å². The van der Waals surface area contributed by atoms with Gasteiger partial charge in [0.15, 0.2) is 11.5 Å². The van der Waals surface area contributed by atoms with Gasteiger partial charge in [-0.2, -0.15) is 0 Å². The van der Waals surface area contributed by atoms with Crippen molar-refractivity contribution in [3.63, 3.8) is 0 Å². The number of esters is 1. The van der Waals surface area contributed by atoms with Crippen LogP contribution in [0.3, 0.4) is 0 Å². The van der Waals surface area contributed by atoms with Crippen molar-refractivity contribution in [1.29, 1.82) is 0 Å². The Balaban J connectivity index is 1.56. The number of hydrogen-bond donors (Lipinski definition) is 1. The maximum Gasteiger partial charge on any atom is 0.373 e. The first-order chi connectivity index (χ1) is 18.1. The normalized spacial score (nSPS) is 14.2. The minimum atomic E-state index is -0.665. The van der Waals surface area contributed by atoms with Gasteiger partial charge in [0.1, 0.15) is 23.1 Å². The number of rotatable bonds is 8. The fourth-order valence-corrected chi connectivity index (χ4v) is 5.31. The molecule has 0 saturated carbocycles. The van der Waals surface area contributed by atoms with Gasteiger partial charge in [0.05, 0.1) is 20.8 Å². The van der Waals surface area contributed by atoms with Crippen LogP contribution in [-0.2, 0) is 22.7 Å². The highest BCUT2D eigenvalue weighted by atomic mass is 79.9. The van der Waals surface area contributed by atoms with Crippen LogP contribution in [0.4, 0.5) is 4.79 Å².